The fourth-order valence-corrected chi connectivity index (χ4v) is 2.73. The standard InChI is InChI=1S/C21H16ClNO/c22-19-11-3-6-16(14-19)7-5-13-23-21(24)15-18-10-4-9-17-8-1-2-12-20(17)18/h1-4,6,8-12,14H,13,15H2,(H,23,24). The Bertz CT molecular complexity index is 932. The lowest BCUT2D eigenvalue weighted by molar-refractivity contribution is -0.120. The van der Waals surface area contributed by atoms with Gasteiger partial charge in [0.25, 0.3) is 0 Å². The SMILES string of the molecule is O=C(Cc1cccc2ccccc12)NCC#Cc1cccc(Cl)c1. The highest BCUT2D eigenvalue weighted by atomic mass is 35.5. The van der Waals surface area contributed by atoms with Crippen LogP contribution in [0.15, 0.2) is 66.7 Å². The first-order chi connectivity index (χ1) is 11.7. The Morgan fingerprint density at radius 3 is 2.67 bits per heavy atom. The second kappa shape index (κ2) is 7.68. The molecule has 3 aromatic rings. The van der Waals surface area contributed by atoms with E-state index in [1.807, 2.05) is 54.6 Å². The van der Waals surface area contributed by atoms with Crippen LogP contribution in [-0.2, 0) is 11.2 Å². The van der Waals surface area contributed by atoms with E-state index in [1.54, 1.807) is 12.1 Å². The third-order valence-electron chi connectivity index (χ3n) is 3.66. The molecular weight excluding hydrogens is 318 g/mol. The molecule has 0 atom stereocenters. The van der Waals surface area contributed by atoms with Gasteiger partial charge in [-0.05, 0) is 34.5 Å². The zero-order chi connectivity index (χ0) is 16.8. The van der Waals surface area contributed by atoms with E-state index in [9.17, 15) is 4.79 Å². The van der Waals surface area contributed by atoms with Crippen LogP contribution in [0.3, 0.4) is 0 Å². The lowest BCUT2D eigenvalue weighted by atomic mass is 10.0. The minimum Gasteiger partial charge on any atom is -0.345 e. The third-order valence-corrected chi connectivity index (χ3v) is 3.90. The number of amides is 1. The summed E-state index contributed by atoms with van der Waals surface area (Å²) < 4.78 is 0. The van der Waals surface area contributed by atoms with Crippen molar-refractivity contribution in [3.05, 3.63) is 82.9 Å². The normalized spacial score (nSPS) is 10.0. The van der Waals surface area contributed by atoms with Crippen LogP contribution < -0.4 is 5.32 Å². The summed E-state index contributed by atoms with van der Waals surface area (Å²) in [5.41, 5.74) is 1.86. The number of hydrogen-bond acceptors (Lipinski definition) is 1. The van der Waals surface area contributed by atoms with Crippen molar-refractivity contribution in [3.63, 3.8) is 0 Å². The number of benzene rings is 3. The molecule has 0 heterocycles. The smallest absolute Gasteiger partial charge is 0.225 e. The molecule has 1 amide bonds. The lowest BCUT2D eigenvalue weighted by Gasteiger charge is -2.06. The molecule has 3 aromatic carbocycles. The molecule has 0 spiro atoms. The molecule has 3 rings (SSSR count). The number of nitrogens with one attached hydrogen (secondary N) is 1. The summed E-state index contributed by atoms with van der Waals surface area (Å²) in [6, 6.07) is 21.4. The van der Waals surface area contributed by atoms with Gasteiger partial charge in [0, 0.05) is 10.6 Å². The quantitative estimate of drug-likeness (QED) is 0.715. The molecule has 0 fully saturated rings. The van der Waals surface area contributed by atoms with E-state index in [2.05, 4.69) is 17.2 Å². The Hall–Kier alpha value is -2.76. The molecule has 0 aromatic heterocycles. The number of rotatable bonds is 3. The van der Waals surface area contributed by atoms with Gasteiger partial charge in [-0.3, -0.25) is 4.79 Å². The van der Waals surface area contributed by atoms with Crippen molar-refractivity contribution in [2.45, 2.75) is 6.42 Å². The van der Waals surface area contributed by atoms with Gasteiger partial charge in [0.1, 0.15) is 0 Å². The van der Waals surface area contributed by atoms with E-state index in [1.165, 1.54) is 0 Å². The minimum atomic E-state index is -0.0354. The molecule has 3 heteroatoms. The molecule has 0 saturated carbocycles. The van der Waals surface area contributed by atoms with Crippen molar-refractivity contribution in [3.8, 4) is 11.8 Å². The Labute approximate surface area is 146 Å². The summed E-state index contributed by atoms with van der Waals surface area (Å²) in [4.78, 5) is 12.1. The molecule has 1 N–H and O–H groups in total. The van der Waals surface area contributed by atoms with E-state index in [0.717, 1.165) is 21.9 Å². The zero-order valence-electron chi connectivity index (χ0n) is 13.1. The maximum atomic E-state index is 12.1. The summed E-state index contributed by atoms with van der Waals surface area (Å²) in [5, 5.41) is 5.74. The van der Waals surface area contributed by atoms with E-state index < -0.39 is 0 Å². The molecule has 24 heavy (non-hydrogen) atoms. The molecule has 0 saturated heterocycles. The van der Waals surface area contributed by atoms with Gasteiger partial charge in [0.05, 0.1) is 13.0 Å². The first-order valence-corrected chi connectivity index (χ1v) is 8.08. The van der Waals surface area contributed by atoms with Crippen molar-refractivity contribution in [1.82, 2.24) is 5.32 Å². The molecule has 0 bridgehead atoms. The van der Waals surface area contributed by atoms with Crippen molar-refractivity contribution in [2.24, 2.45) is 0 Å². The highest BCUT2D eigenvalue weighted by Crippen LogP contribution is 2.18. The van der Waals surface area contributed by atoms with Gasteiger partial charge in [0.15, 0.2) is 0 Å². The van der Waals surface area contributed by atoms with Gasteiger partial charge in [0.2, 0.25) is 5.91 Å². The van der Waals surface area contributed by atoms with E-state index in [-0.39, 0.29) is 5.91 Å². The third kappa shape index (κ3) is 4.16. The second-order valence-corrected chi connectivity index (χ2v) is 5.84. The summed E-state index contributed by atoms with van der Waals surface area (Å²) in [7, 11) is 0. The van der Waals surface area contributed by atoms with E-state index in [0.29, 0.717) is 18.0 Å². The van der Waals surface area contributed by atoms with Crippen LogP contribution in [0.2, 0.25) is 5.02 Å². The fourth-order valence-electron chi connectivity index (χ4n) is 2.54. The Kier molecular flexibility index (Phi) is 5.15. The van der Waals surface area contributed by atoms with Crippen molar-refractivity contribution in [1.29, 1.82) is 0 Å². The van der Waals surface area contributed by atoms with Gasteiger partial charge in [-0.2, -0.15) is 0 Å². The summed E-state index contributed by atoms with van der Waals surface area (Å²) in [5.74, 6) is 5.89. The molecule has 0 aliphatic rings. The maximum Gasteiger partial charge on any atom is 0.225 e. The molecule has 0 aliphatic heterocycles. The van der Waals surface area contributed by atoms with E-state index >= 15 is 0 Å². The highest BCUT2D eigenvalue weighted by molar-refractivity contribution is 6.30. The number of fused-ring (bicyclic) bond motifs is 1. The van der Waals surface area contributed by atoms with Crippen LogP contribution in [-0.4, -0.2) is 12.5 Å². The first kappa shape index (κ1) is 16.1. The number of carbonyl (C=O) groups is 1. The molecular formula is C21H16ClNO. The van der Waals surface area contributed by atoms with Gasteiger partial charge >= 0.3 is 0 Å². The molecule has 2 nitrogen and oxygen atoms in total. The van der Waals surface area contributed by atoms with Gasteiger partial charge < -0.3 is 5.32 Å². The summed E-state index contributed by atoms with van der Waals surface area (Å²) in [6.45, 7) is 0.316. The zero-order valence-corrected chi connectivity index (χ0v) is 13.8. The number of carbonyl (C=O) groups excluding carboxylic acids is 1. The summed E-state index contributed by atoms with van der Waals surface area (Å²) >= 11 is 5.91. The Morgan fingerprint density at radius 1 is 1.00 bits per heavy atom. The van der Waals surface area contributed by atoms with Crippen molar-refractivity contribution >= 4 is 28.3 Å². The highest BCUT2D eigenvalue weighted by Gasteiger charge is 2.05. The molecule has 0 radical (unpaired) electrons. The second-order valence-electron chi connectivity index (χ2n) is 5.40. The molecule has 0 aliphatic carbocycles. The Balaban J connectivity index is 1.60. The average Bonchev–Trinajstić information content (AvgIpc) is 2.59. The van der Waals surface area contributed by atoms with Crippen molar-refractivity contribution < 1.29 is 4.79 Å². The first-order valence-electron chi connectivity index (χ1n) is 7.70. The largest absolute Gasteiger partial charge is 0.345 e. The van der Waals surface area contributed by atoms with Crippen LogP contribution in [0.25, 0.3) is 10.8 Å². The van der Waals surface area contributed by atoms with Crippen LogP contribution >= 0.6 is 11.6 Å². The van der Waals surface area contributed by atoms with Gasteiger partial charge in [-0.25, -0.2) is 0 Å². The predicted octanol–water partition coefficient (Wildman–Crippen LogP) is 4.20. The Morgan fingerprint density at radius 2 is 1.79 bits per heavy atom. The van der Waals surface area contributed by atoms with E-state index in [4.69, 9.17) is 11.6 Å². The van der Waals surface area contributed by atoms with Crippen LogP contribution in [0.1, 0.15) is 11.1 Å². The number of halogens is 1. The van der Waals surface area contributed by atoms with Crippen LogP contribution in [0.4, 0.5) is 0 Å². The maximum absolute atomic E-state index is 12.1. The predicted molar refractivity (Wildman–Crippen MR) is 99.0 cm³/mol. The lowest BCUT2D eigenvalue weighted by Crippen LogP contribution is -2.25. The summed E-state index contributed by atoms with van der Waals surface area (Å²) in [6.07, 6.45) is 0.347. The topological polar surface area (TPSA) is 29.1 Å². The average molecular weight is 334 g/mol. The fraction of sp³-hybridized carbons (Fsp3) is 0.0952. The number of hydrogen-bond donors (Lipinski definition) is 1. The van der Waals surface area contributed by atoms with Crippen molar-refractivity contribution in [2.75, 3.05) is 6.54 Å². The minimum absolute atomic E-state index is 0.0354. The van der Waals surface area contributed by atoms with Gasteiger partial charge in [-0.1, -0.05) is 72.0 Å². The van der Waals surface area contributed by atoms with Crippen LogP contribution in [0.5, 0.6) is 0 Å². The monoisotopic (exact) mass is 333 g/mol. The molecule has 0 unspecified atom stereocenters. The molecule has 118 valence electrons. The van der Waals surface area contributed by atoms with Gasteiger partial charge in [-0.15, -0.1) is 0 Å². The van der Waals surface area contributed by atoms with Crippen LogP contribution in [0, 0.1) is 11.8 Å².